The lowest BCUT2D eigenvalue weighted by atomic mass is 9.84. The number of aromatic nitrogens is 3. The van der Waals surface area contributed by atoms with Crippen LogP contribution in [0.25, 0.3) is 0 Å². The molecule has 0 spiro atoms. The Bertz CT molecular complexity index is 905. The number of benzene rings is 1. The van der Waals surface area contributed by atoms with Crippen LogP contribution in [0.4, 0.5) is 4.39 Å². The van der Waals surface area contributed by atoms with Crippen molar-refractivity contribution < 1.29 is 13.9 Å². The minimum Gasteiger partial charge on any atom is -0.483 e. The number of halogens is 1. The number of ether oxygens (including phenoxy) is 1. The zero-order chi connectivity index (χ0) is 21.8. The molecule has 2 fully saturated rings. The number of rotatable bonds is 10. The molecular formula is C23H31FN4O2S. The van der Waals surface area contributed by atoms with Gasteiger partial charge in [-0.3, -0.25) is 9.36 Å². The molecule has 4 unspecified atom stereocenters. The minimum atomic E-state index is -0.392. The first kappa shape index (κ1) is 22.1. The number of para-hydroxylation sites is 1. The smallest absolute Gasteiger partial charge is 0.230 e. The van der Waals surface area contributed by atoms with Crippen LogP contribution in [0.2, 0.25) is 0 Å². The minimum absolute atomic E-state index is 0.00173. The molecule has 2 saturated carbocycles. The highest BCUT2D eigenvalue weighted by Crippen LogP contribution is 2.52. The average Bonchev–Trinajstić information content (AvgIpc) is 3.51. The van der Waals surface area contributed by atoms with Crippen LogP contribution in [0.5, 0.6) is 5.75 Å². The maximum atomic E-state index is 14.0. The Labute approximate surface area is 187 Å². The second kappa shape index (κ2) is 10.0. The largest absolute Gasteiger partial charge is 0.483 e. The van der Waals surface area contributed by atoms with E-state index in [9.17, 15) is 9.18 Å². The van der Waals surface area contributed by atoms with Crippen LogP contribution < -0.4 is 10.1 Å². The van der Waals surface area contributed by atoms with Crippen molar-refractivity contribution in [2.45, 2.75) is 63.8 Å². The first-order chi connectivity index (χ1) is 15.1. The van der Waals surface area contributed by atoms with Crippen molar-refractivity contribution in [3.63, 3.8) is 0 Å². The maximum Gasteiger partial charge on any atom is 0.230 e. The van der Waals surface area contributed by atoms with Crippen molar-refractivity contribution in [1.29, 1.82) is 0 Å². The van der Waals surface area contributed by atoms with Crippen molar-refractivity contribution in [3.05, 3.63) is 35.9 Å². The Balaban J connectivity index is 1.52. The van der Waals surface area contributed by atoms with E-state index >= 15 is 0 Å². The van der Waals surface area contributed by atoms with E-state index < -0.39 is 5.82 Å². The fourth-order valence-electron chi connectivity index (χ4n) is 5.14. The summed E-state index contributed by atoms with van der Waals surface area (Å²) in [5, 5.41) is 12.4. The van der Waals surface area contributed by atoms with Crippen LogP contribution in [-0.2, 0) is 11.4 Å². The summed E-state index contributed by atoms with van der Waals surface area (Å²) in [7, 11) is 0. The number of amides is 1. The van der Waals surface area contributed by atoms with E-state index in [2.05, 4.69) is 27.0 Å². The van der Waals surface area contributed by atoms with Gasteiger partial charge in [-0.15, -0.1) is 10.2 Å². The lowest BCUT2D eigenvalue weighted by Crippen LogP contribution is -2.27. The van der Waals surface area contributed by atoms with Gasteiger partial charge in [-0.2, -0.15) is 0 Å². The van der Waals surface area contributed by atoms with Gasteiger partial charge in [0.2, 0.25) is 5.91 Å². The third-order valence-electron chi connectivity index (χ3n) is 6.65. The van der Waals surface area contributed by atoms with E-state index in [1.54, 1.807) is 18.2 Å². The lowest BCUT2D eigenvalue weighted by molar-refractivity contribution is -0.118. The highest BCUT2D eigenvalue weighted by molar-refractivity contribution is 7.99. The van der Waals surface area contributed by atoms with Crippen LogP contribution in [0.3, 0.4) is 0 Å². The first-order valence-corrected chi connectivity index (χ1v) is 12.3. The van der Waals surface area contributed by atoms with Crippen molar-refractivity contribution in [2.24, 2.45) is 17.8 Å². The van der Waals surface area contributed by atoms with Gasteiger partial charge >= 0.3 is 0 Å². The van der Waals surface area contributed by atoms with Gasteiger partial charge in [-0.25, -0.2) is 4.39 Å². The Morgan fingerprint density at radius 3 is 2.87 bits per heavy atom. The summed E-state index contributed by atoms with van der Waals surface area (Å²) in [4.78, 5) is 12.1. The van der Waals surface area contributed by atoms with Crippen molar-refractivity contribution in [2.75, 3.05) is 12.3 Å². The van der Waals surface area contributed by atoms with Gasteiger partial charge in [0, 0.05) is 12.6 Å². The molecule has 1 heterocycles. The molecule has 2 bridgehead atoms. The normalized spacial score (nSPS) is 23.1. The second-order valence-corrected chi connectivity index (χ2v) is 9.65. The van der Waals surface area contributed by atoms with Gasteiger partial charge in [0.25, 0.3) is 0 Å². The molecule has 1 aromatic carbocycles. The number of hydrogen-bond donors (Lipinski definition) is 1. The van der Waals surface area contributed by atoms with Gasteiger partial charge in [0.1, 0.15) is 6.61 Å². The van der Waals surface area contributed by atoms with E-state index in [0.717, 1.165) is 23.4 Å². The zero-order valence-corrected chi connectivity index (χ0v) is 19.0. The van der Waals surface area contributed by atoms with Gasteiger partial charge in [0.15, 0.2) is 22.5 Å². The summed E-state index contributed by atoms with van der Waals surface area (Å²) in [5.41, 5.74) is 0. The summed E-state index contributed by atoms with van der Waals surface area (Å²) in [6.45, 7) is 5.07. The van der Waals surface area contributed by atoms with Crippen molar-refractivity contribution >= 4 is 17.7 Å². The number of carbonyl (C=O) groups excluding carboxylic acids is 1. The number of thioether (sulfide) groups is 1. The number of carbonyl (C=O) groups is 1. The molecule has 31 heavy (non-hydrogen) atoms. The van der Waals surface area contributed by atoms with Gasteiger partial charge in [0.05, 0.1) is 5.75 Å². The topological polar surface area (TPSA) is 69.0 Å². The molecule has 6 nitrogen and oxygen atoms in total. The number of hydrogen-bond acceptors (Lipinski definition) is 5. The SMILES string of the molecule is CCCNC(=O)CSc1nnc(COc2ccccc2F)n1C(C)C1CC2CCC1C2. The summed E-state index contributed by atoms with van der Waals surface area (Å²) in [6.07, 6.45) is 6.10. The molecule has 1 aromatic heterocycles. The molecular weight excluding hydrogens is 415 g/mol. The Morgan fingerprint density at radius 2 is 2.16 bits per heavy atom. The summed E-state index contributed by atoms with van der Waals surface area (Å²) < 4.78 is 21.9. The highest BCUT2D eigenvalue weighted by atomic mass is 32.2. The second-order valence-electron chi connectivity index (χ2n) is 8.71. The maximum absolute atomic E-state index is 14.0. The average molecular weight is 447 g/mol. The van der Waals surface area contributed by atoms with E-state index in [-0.39, 0.29) is 24.3 Å². The predicted molar refractivity (Wildman–Crippen MR) is 118 cm³/mol. The van der Waals surface area contributed by atoms with Crippen LogP contribution in [0.1, 0.15) is 57.8 Å². The monoisotopic (exact) mass is 446 g/mol. The molecule has 0 radical (unpaired) electrons. The van der Waals surface area contributed by atoms with Crippen molar-refractivity contribution in [1.82, 2.24) is 20.1 Å². The Hall–Kier alpha value is -2.09. The van der Waals surface area contributed by atoms with Gasteiger partial charge in [-0.05, 0) is 62.5 Å². The Kier molecular flexibility index (Phi) is 7.15. The molecule has 2 aromatic rings. The third-order valence-corrected chi connectivity index (χ3v) is 7.60. The third kappa shape index (κ3) is 5.05. The summed E-state index contributed by atoms with van der Waals surface area (Å²) >= 11 is 1.41. The van der Waals surface area contributed by atoms with Gasteiger partial charge in [-0.1, -0.05) is 37.2 Å². The van der Waals surface area contributed by atoms with E-state index in [1.165, 1.54) is 43.5 Å². The van der Waals surface area contributed by atoms with E-state index in [0.29, 0.717) is 24.0 Å². The van der Waals surface area contributed by atoms with Crippen LogP contribution in [0.15, 0.2) is 29.4 Å². The number of nitrogens with zero attached hydrogens (tertiary/aromatic N) is 3. The Morgan fingerprint density at radius 1 is 1.32 bits per heavy atom. The molecule has 2 aliphatic rings. The van der Waals surface area contributed by atoms with Crippen molar-refractivity contribution in [3.8, 4) is 5.75 Å². The molecule has 168 valence electrons. The molecule has 4 atom stereocenters. The molecule has 2 aliphatic carbocycles. The highest BCUT2D eigenvalue weighted by Gasteiger charge is 2.43. The zero-order valence-electron chi connectivity index (χ0n) is 18.2. The van der Waals surface area contributed by atoms with Crippen LogP contribution >= 0.6 is 11.8 Å². The molecule has 0 saturated heterocycles. The molecule has 4 rings (SSSR count). The van der Waals surface area contributed by atoms with E-state index in [4.69, 9.17) is 4.74 Å². The van der Waals surface area contributed by atoms with E-state index in [1.807, 2.05) is 6.92 Å². The molecule has 1 amide bonds. The molecule has 1 N–H and O–H groups in total. The molecule has 0 aliphatic heterocycles. The quantitative estimate of drug-likeness (QED) is 0.540. The van der Waals surface area contributed by atoms with Crippen LogP contribution in [-0.4, -0.2) is 33.0 Å². The fourth-order valence-corrected chi connectivity index (χ4v) is 6.01. The number of nitrogens with one attached hydrogen (secondary N) is 1. The van der Waals surface area contributed by atoms with Crippen LogP contribution in [0, 0.1) is 23.6 Å². The first-order valence-electron chi connectivity index (χ1n) is 11.3. The number of fused-ring (bicyclic) bond motifs is 2. The lowest BCUT2D eigenvalue weighted by Gasteiger charge is -2.30. The summed E-state index contributed by atoms with van der Waals surface area (Å²) in [5.74, 6) is 2.95. The standard InChI is InChI=1S/C23H31FN4O2S/c1-3-10-25-22(29)14-31-23-27-26-21(13-30-20-7-5-4-6-19(20)24)28(23)15(2)18-12-16-8-9-17(18)11-16/h4-7,15-18H,3,8-14H2,1-2H3,(H,25,29). The summed E-state index contributed by atoms with van der Waals surface area (Å²) in [6, 6.07) is 6.60. The van der Waals surface area contributed by atoms with Gasteiger partial charge < -0.3 is 10.1 Å². The fraction of sp³-hybridized carbons (Fsp3) is 0.609. The molecule has 8 heteroatoms. The predicted octanol–water partition coefficient (Wildman–Crippen LogP) is 4.61.